The average molecular weight is 388 g/mol. The fourth-order valence-corrected chi connectivity index (χ4v) is 3.69. The molecule has 0 saturated heterocycles. The van der Waals surface area contributed by atoms with Gasteiger partial charge in [-0.25, -0.2) is 0 Å². The van der Waals surface area contributed by atoms with Crippen molar-refractivity contribution in [1.29, 1.82) is 0 Å². The summed E-state index contributed by atoms with van der Waals surface area (Å²) in [4.78, 5) is 26.4. The normalized spacial score (nSPS) is 12.0. The Balaban J connectivity index is 2.07. The summed E-state index contributed by atoms with van der Waals surface area (Å²) < 4.78 is 0. The van der Waals surface area contributed by atoms with E-state index in [0.29, 0.717) is 5.92 Å². The summed E-state index contributed by atoms with van der Waals surface area (Å²) in [5, 5.41) is 7.93. The molecule has 5 nitrogen and oxygen atoms in total. The molecule has 2 aromatic rings. The lowest BCUT2D eigenvalue weighted by Gasteiger charge is -2.21. The van der Waals surface area contributed by atoms with Gasteiger partial charge in [0.2, 0.25) is 11.8 Å². The second kappa shape index (κ2) is 10.2. The van der Waals surface area contributed by atoms with Crippen molar-refractivity contribution in [1.82, 2.24) is 15.5 Å². The van der Waals surface area contributed by atoms with Crippen molar-refractivity contribution < 1.29 is 9.59 Å². The van der Waals surface area contributed by atoms with E-state index in [1.807, 2.05) is 11.4 Å². The van der Waals surface area contributed by atoms with Crippen LogP contribution in [-0.4, -0.2) is 43.9 Å². The van der Waals surface area contributed by atoms with Crippen LogP contribution in [0.25, 0.3) is 0 Å². The predicted octanol–water partition coefficient (Wildman–Crippen LogP) is 2.83. The molecule has 6 heteroatoms. The van der Waals surface area contributed by atoms with E-state index >= 15 is 0 Å². The van der Waals surface area contributed by atoms with Crippen LogP contribution in [0.2, 0.25) is 0 Å². The molecule has 2 rings (SSSR count). The molecule has 27 heavy (non-hydrogen) atoms. The van der Waals surface area contributed by atoms with E-state index in [2.05, 4.69) is 54.8 Å². The molecule has 146 valence electrons. The minimum absolute atomic E-state index is 0.0459. The number of benzene rings is 1. The van der Waals surface area contributed by atoms with Crippen molar-refractivity contribution in [3.63, 3.8) is 0 Å². The summed E-state index contributed by atoms with van der Waals surface area (Å²) in [5.74, 6) is 0.327. The monoisotopic (exact) mass is 387 g/mol. The highest BCUT2D eigenvalue weighted by Gasteiger charge is 2.18. The number of nitrogens with one attached hydrogen (secondary N) is 2. The summed E-state index contributed by atoms with van der Waals surface area (Å²) in [6.45, 7) is 4.66. The number of carbonyl (C=O) groups excluding carboxylic acids is 2. The second-order valence-corrected chi connectivity index (χ2v) is 8.07. The third kappa shape index (κ3) is 6.48. The highest BCUT2D eigenvalue weighted by atomic mass is 32.1. The number of nitrogens with zero attached hydrogens (tertiary/aromatic N) is 1. The Morgan fingerprint density at radius 2 is 1.85 bits per heavy atom. The van der Waals surface area contributed by atoms with Crippen molar-refractivity contribution in [2.45, 2.75) is 26.3 Å². The molecular formula is C21H29N3O2S. The minimum atomic E-state index is -0.179. The smallest absolute Gasteiger partial charge is 0.239 e. The van der Waals surface area contributed by atoms with Crippen LogP contribution in [0.3, 0.4) is 0 Å². The van der Waals surface area contributed by atoms with Crippen molar-refractivity contribution in [2.75, 3.05) is 27.2 Å². The van der Waals surface area contributed by atoms with Crippen molar-refractivity contribution in [2.24, 2.45) is 5.92 Å². The fourth-order valence-electron chi connectivity index (χ4n) is 2.86. The molecule has 1 atom stereocenters. The zero-order valence-electron chi connectivity index (χ0n) is 16.5. The van der Waals surface area contributed by atoms with Gasteiger partial charge in [-0.2, -0.15) is 0 Å². The maximum absolute atomic E-state index is 12.4. The topological polar surface area (TPSA) is 61.4 Å². The summed E-state index contributed by atoms with van der Waals surface area (Å²) in [6, 6.07) is 12.6. The number of rotatable bonds is 9. The molecule has 0 bridgehead atoms. The first-order valence-corrected chi connectivity index (χ1v) is 10.1. The van der Waals surface area contributed by atoms with Gasteiger partial charge in [-0.15, -0.1) is 11.3 Å². The number of thiophene rings is 1. The van der Waals surface area contributed by atoms with Gasteiger partial charge >= 0.3 is 0 Å². The highest BCUT2D eigenvalue weighted by Crippen LogP contribution is 2.26. The summed E-state index contributed by atoms with van der Waals surface area (Å²) in [6.07, 6.45) is 1.06. The van der Waals surface area contributed by atoms with Crippen LogP contribution in [0.5, 0.6) is 0 Å². The van der Waals surface area contributed by atoms with E-state index in [-0.39, 0.29) is 30.9 Å². The van der Waals surface area contributed by atoms with Crippen LogP contribution in [0.15, 0.2) is 41.8 Å². The van der Waals surface area contributed by atoms with Gasteiger partial charge in [-0.1, -0.05) is 44.2 Å². The van der Waals surface area contributed by atoms with Gasteiger partial charge in [0.05, 0.1) is 19.1 Å². The molecular weight excluding hydrogens is 358 g/mol. The lowest BCUT2D eigenvalue weighted by molar-refractivity contribution is -0.133. The molecule has 1 aromatic heterocycles. The first-order valence-electron chi connectivity index (χ1n) is 9.21. The quantitative estimate of drug-likeness (QED) is 0.696. The van der Waals surface area contributed by atoms with Gasteiger partial charge < -0.3 is 10.2 Å². The Bertz CT molecular complexity index is 726. The number of carbonyl (C=O) groups is 2. The lowest BCUT2D eigenvalue weighted by atomic mass is 9.99. The predicted molar refractivity (Wildman–Crippen MR) is 111 cm³/mol. The fraction of sp³-hybridized carbons (Fsp3) is 0.429. The maximum Gasteiger partial charge on any atom is 0.239 e. The third-order valence-electron chi connectivity index (χ3n) is 4.33. The molecule has 0 spiro atoms. The summed E-state index contributed by atoms with van der Waals surface area (Å²) in [5.41, 5.74) is 2.45. The van der Waals surface area contributed by atoms with Crippen molar-refractivity contribution in [3.8, 4) is 0 Å². The molecule has 2 amide bonds. The molecule has 1 heterocycles. The zero-order chi connectivity index (χ0) is 19.8. The van der Waals surface area contributed by atoms with E-state index in [0.717, 1.165) is 16.9 Å². The molecule has 0 unspecified atom stereocenters. The van der Waals surface area contributed by atoms with E-state index in [1.54, 1.807) is 25.4 Å². The van der Waals surface area contributed by atoms with Crippen LogP contribution in [-0.2, 0) is 16.0 Å². The molecule has 0 saturated carbocycles. The minimum Gasteiger partial charge on any atom is -0.358 e. The van der Waals surface area contributed by atoms with Gasteiger partial charge in [0.1, 0.15) is 0 Å². The highest BCUT2D eigenvalue weighted by molar-refractivity contribution is 7.10. The summed E-state index contributed by atoms with van der Waals surface area (Å²) in [7, 11) is 3.20. The molecule has 0 fully saturated rings. The van der Waals surface area contributed by atoms with Crippen LogP contribution >= 0.6 is 11.3 Å². The summed E-state index contributed by atoms with van der Waals surface area (Å²) >= 11 is 1.66. The van der Waals surface area contributed by atoms with Gasteiger partial charge in [-0.05, 0) is 34.9 Å². The molecule has 0 aliphatic rings. The van der Waals surface area contributed by atoms with E-state index in [4.69, 9.17) is 0 Å². The molecule has 1 aromatic carbocycles. The zero-order valence-corrected chi connectivity index (χ0v) is 17.3. The maximum atomic E-state index is 12.4. The number of hydrogen-bond donors (Lipinski definition) is 2. The lowest BCUT2D eigenvalue weighted by Crippen LogP contribution is -2.42. The Kier molecular flexibility index (Phi) is 8.00. The SMILES string of the molecule is CNC(=O)CN(C)C(=O)CN[C@H](c1ccc(CC(C)C)cc1)c1cccs1. The number of amides is 2. The van der Waals surface area contributed by atoms with E-state index in [1.165, 1.54) is 10.5 Å². The molecule has 2 N–H and O–H groups in total. The van der Waals surface area contributed by atoms with Gasteiger partial charge in [-0.3, -0.25) is 14.9 Å². The Morgan fingerprint density at radius 1 is 1.15 bits per heavy atom. The molecule has 0 aliphatic heterocycles. The first-order chi connectivity index (χ1) is 12.9. The van der Waals surface area contributed by atoms with Crippen molar-refractivity contribution in [3.05, 3.63) is 57.8 Å². The number of hydrogen-bond acceptors (Lipinski definition) is 4. The number of likely N-dealkylation sites (N-methyl/N-ethyl adjacent to an activating group) is 2. The van der Waals surface area contributed by atoms with Crippen LogP contribution < -0.4 is 10.6 Å². The van der Waals surface area contributed by atoms with Crippen molar-refractivity contribution >= 4 is 23.2 Å². The third-order valence-corrected chi connectivity index (χ3v) is 5.26. The van der Waals surface area contributed by atoms with Gasteiger partial charge in [0.15, 0.2) is 0 Å². The van der Waals surface area contributed by atoms with Gasteiger partial charge in [0.25, 0.3) is 0 Å². The van der Waals surface area contributed by atoms with Gasteiger partial charge in [0, 0.05) is 19.0 Å². The Hall–Kier alpha value is -2.18. The van der Waals surface area contributed by atoms with Crippen LogP contribution in [0, 0.1) is 5.92 Å². The Morgan fingerprint density at radius 3 is 2.41 bits per heavy atom. The largest absolute Gasteiger partial charge is 0.358 e. The first kappa shape index (κ1) is 21.1. The molecule has 0 aliphatic carbocycles. The van der Waals surface area contributed by atoms with Crippen LogP contribution in [0.4, 0.5) is 0 Å². The Labute approximate surface area is 165 Å². The van der Waals surface area contributed by atoms with E-state index in [9.17, 15) is 9.59 Å². The standard InChI is InChI=1S/C21H29N3O2S/c1-15(2)12-16-7-9-17(10-8-16)21(18-6-5-11-27-18)23-13-20(26)24(4)14-19(25)22-3/h5-11,15,21,23H,12-14H2,1-4H3,(H,22,25)/t21-/m1/s1. The second-order valence-electron chi connectivity index (χ2n) is 7.09. The van der Waals surface area contributed by atoms with Crippen LogP contribution in [0.1, 0.15) is 35.9 Å². The molecule has 0 radical (unpaired) electrons. The van der Waals surface area contributed by atoms with E-state index < -0.39 is 0 Å². The average Bonchev–Trinajstić information content (AvgIpc) is 3.16.